The van der Waals surface area contributed by atoms with E-state index in [9.17, 15) is 4.79 Å². The van der Waals surface area contributed by atoms with Gasteiger partial charge < -0.3 is 4.90 Å². The van der Waals surface area contributed by atoms with Gasteiger partial charge in [0.25, 0.3) is 5.91 Å². The van der Waals surface area contributed by atoms with E-state index in [1.165, 1.54) is 5.56 Å². The minimum Gasteiger partial charge on any atom is -0.335 e. The Kier molecular flexibility index (Phi) is 6.28. The SMILES string of the molecule is Cc1ccc(C)c(-n2nc(-c3ccccc3)cc2C(=O)N2CCN(Cc3ccccc3)CC2)c1. The van der Waals surface area contributed by atoms with E-state index < -0.39 is 0 Å². The summed E-state index contributed by atoms with van der Waals surface area (Å²) in [4.78, 5) is 18.1. The average molecular weight is 451 g/mol. The smallest absolute Gasteiger partial charge is 0.272 e. The standard InChI is InChI=1S/C29H30N4O/c1-22-13-14-23(2)27(19-22)33-28(20-26(30-33)25-11-7-4-8-12-25)29(34)32-17-15-31(16-18-32)21-24-9-5-3-6-10-24/h3-14,19-20H,15-18,21H2,1-2H3. The maximum Gasteiger partial charge on any atom is 0.272 e. The van der Waals surface area contributed by atoms with Crippen LogP contribution in [0.25, 0.3) is 16.9 Å². The molecule has 0 radical (unpaired) electrons. The number of aryl methyl sites for hydroxylation is 2. The lowest BCUT2D eigenvalue weighted by molar-refractivity contribution is 0.0619. The number of amides is 1. The number of benzene rings is 3. The van der Waals surface area contributed by atoms with Crippen LogP contribution in [0.2, 0.25) is 0 Å². The fourth-order valence-electron chi connectivity index (χ4n) is 4.53. The molecule has 1 saturated heterocycles. The number of aromatic nitrogens is 2. The first-order chi connectivity index (χ1) is 16.6. The lowest BCUT2D eigenvalue weighted by Gasteiger charge is -2.34. The molecule has 0 N–H and O–H groups in total. The van der Waals surface area contributed by atoms with Crippen LogP contribution in [0.5, 0.6) is 0 Å². The molecule has 5 rings (SSSR count). The highest BCUT2D eigenvalue weighted by Crippen LogP contribution is 2.25. The van der Waals surface area contributed by atoms with Gasteiger partial charge in [0.05, 0.1) is 11.4 Å². The van der Waals surface area contributed by atoms with Gasteiger partial charge in [-0.1, -0.05) is 72.8 Å². The normalized spacial score (nSPS) is 14.4. The fraction of sp³-hybridized carbons (Fsp3) is 0.241. The maximum atomic E-state index is 13.7. The second kappa shape index (κ2) is 9.65. The summed E-state index contributed by atoms with van der Waals surface area (Å²) in [5.74, 6) is 0.0370. The second-order valence-electron chi connectivity index (χ2n) is 9.04. The van der Waals surface area contributed by atoms with Crippen molar-refractivity contribution in [3.8, 4) is 16.9 Å². The van der Waals surface area contributed by atoms with Gasteiger partial charge in [0.2, 0.25) is 0 Å². The predicted octanol–water partition coefficient (Wildman–Crippen LogP) is 5.11. The highest BCUT2D eigenvalue weighted by atomic mass is 16.2. The third-order valence-electron chi connectivity index (χ3n) is 6.50. The Labute approximate surface area is 201 Å². The third kappa shape index (κ3) is 4.66. The molecule has 1 fully saturated rings. The van der Waals surface area contributed by atoms with Gasteiger partial charge in [0.1, 0.15) is 5.69 Å². The Morgan fingerprint density at radius 2 is 1.50 bits per heavy atom. The van der Waals surface area contributed by atoms with Crippen molar-refractivity contribution >= 4 is 5.91 Å². The molecular weight excluding hydrogens is 420 g/mol. The molecule has 0 saturated carbocycles. The Hall–Kier alpha value is -3.70. The molecule has 5 nitrogen and oxygen atoms in total. The third-order valence-corrected chi connectivity index (χ3v) is 6.50. The van der Waals surface area contributed by atoms with E-state index in [4.69, 9.17) is 5.10 Å². The van der Waals surface area contributed by atoms with Gasteiger partial charge in [-0.2, -0.15) is 5.10 Å². The van der Waals surface area contributed by atoms with Crippen LogP contribution in [0, 0.1) is 13.8 Å². The first-order valence-corrected chi connectivity index (χ1v) is 11.9. The Morgan fingerprint density at radius 3 is 2.21 bits per heavy atom. The molecule has 0 spiro atoms. The Balaban J connectivity index is 1.41. The molecule has 0 bridgehead atoms. The zero-order valence-electron chi connectivity index (χ0n) is 19.8. The molecular formula is C29H30N4O. The zero-order valence-corrected chi connectivity index (χ0v) is 19.8. The van der Waals surface area contributed by atoms with E-state index >= 15 is 0 Å². The van der Waals surface area contributed by atoms with Crippen molar-refractivity contribution in [3.05, 3.63) is 107 Å². The van der Waals surface area contributed by atoms with Gasteiger partial charge in [-0.3, -0.25) is 9.69 Å². The summed E-state index contributed by atoms with van der Waals surface area (Å²) in [6.07, 6.45) is 0. The Bertz CT molecular complexity index is 1270. The van der Waals surface area contributed by atoms with E-state index in [1.54, 1.807) is 0 Å². The molecule has 1 amide bonds. The lowest BCUT2D eigenvalue weighted by Crippen LogP contribution is -2.48. The van der Waals surface area contributed by atoms with Gasteiger partial charge in [0.15, 0.2) is 0 Å². The highest BCUT2D eigenvalue weighted by Gasteiger charge is 2.26. The van der Waals surface area contributed by atoms with Crippen LogP contribution >= 0.6 is 0 Å². The van der Waals surface area contributed by atoms with Crippen LogP contribution in [-0.4, -0.2) is 51.7 Å². The molecule has 5 heteroatoms. The maximum absolute atomic E-state index is 13.7. The predicted molar refractivity (Wildman–Crippen MR) is 136 cm³/mol. The summed E-state index contributed by atoms with van der Waals surface area (Å²) in [7, 11) is 0. The number of nitrogens with zero attached hydrogens (tertiary/aromatic N) is 4. The fourth-order valence-corrected chi connectivity index (χ4v) is 4.53. The largest absolute Gasteiger partial charge is 0.335 e. The van der Waals surface area contributed by atoms with Crippen molar-refractivity contribution in [1.29, 1.82) is 0 Å². The van der Waals surface area contributed by atoms with Gasteiger partial charge in [-0.25, -0.2) is 4.68 Å². The molecule has 34 heavy (non-hydrogen) atoms. The van der Waals surface area contributed by atoms with Crippen LogP contribution in [0.15, 0.2) is 84.9 Å². The monoisotopic (exact) mass is 450 g/mol. The molecule has 1 aliphatic heterocycles. The topological polar surface area (TPSA) is 41.4 Å². The quantitative estimate of drug-likeness (QED) is 0.424. The van der Waals surface area contributed by atoms with Crippen LogP contribution in [-0.2, 0) is 6.54 Å². The number of hydrogen-bond donors (Lipinski definition) is 0. The molecule has 3 aromatic carbocycles. The van der Waals surface area contributed by atoms with Crippen molar-refractivity contribution in [3.63, 3.8) is 0 Å². The van der Waals surface area contributed by atoms with E-state index in [1.807, 2.05) is 52.0 Å². The van der Waals surface area contributed by atoms with Crippen LogP contribution in [0.4, 0.5) is 0 Å². The van der Waals surface area contributed by atoms with Crippen molar-refractivity contribution in [2.75, 3.05) is 26.2 Å². The van der Waals surface area contributed by atoms with Crippen molar-refractivity contribution in [2.24, 2.45) is 0 Å². The number of rotatable bonds is 5. The number of piperazine rings is 1. The Morgan fingerprint density at radius 1 is 0.824 bits per heavy atom. The molecule has 0 atom stereocenters. The summed E-state index contributed by atoms with van der Waals surface area (Å²) in [5.41, 5.74) is 6.93. The number of hydrogen-bond acceptors (Lipinski definition) is 3. The molecule has 4 aromatic rings. The van der Waals surface area contributed by atoms with Crippen molar-refractivity contribution in [2.45, 2.75) is 20.4 Å². The molecule has 2 heterocycles. The minimum atomic E-state index is 0.0370. The highest BCUT2D eigenvalue weighted by molar-refractivity contribution is 5.94. The van der Waals surface area contributed by atoms with Crippen molar-refractivity contribution in [1.82, 2.24) is 19.6 Å². The zero-order chi connectivity index (χ0) is 23.5. The van der Waals surface area contributed by atoms with Crippen LogP contribution in [0.1, 0.15) is 27.2 Å². The van der Waals surface area contributed by atoms with Gasteiger partial charge in [0, 0.05) is 38.3 Å². The van der Waals surface area contributed by atoms with E-state index in [-0.39, 0.29) is 5.91 Å². The summed E-state index contributed by atoms with van der Waals surface area (Å²) >= 11 is 0. The van der Waals surface area contributed by atoms with E-state index in [0.29, 0.717) is 18.8 Å². The van der Waals surface area contributed by atoms with Gasteiger partial charge >= 0.3 is 0 Å². The number of carbonyl (C=O) groups excluding carboxylic acids is 1. The lowest BCUT2D eigenvalue weighted by atomic mass is 10.1. The van der Waals surface area contributed by atoms with Crippen LogP contribution < -0.4 is 0 Å². The number of carbonyl (C=O) groups is 1. The van der Waals surface area contributed by atoms with Crippen molar-refractivity contribution < 1.29 is 4.79 Å². The summed E-state index contributed by atoms with van der Waals surface area (Å²) in [6, 6.07) is 28.8. The molecule has 172 valence electrons. The van der Waals surface area contributed by atoms with Gasteiger partial charge in [-0.15, -0.1) is 0 Å². The minimum absolute atomic E-state index is 0.0370. The summed E-state index contributed by atoms with van der Waals surface area (Å²) in [6.45, 7) is 8.21. The molecule has 0 unspecified atom stereocenters. The average Bonchev–Trinajstić information content (AvgIpc) is 3.32. The van der Waals surface area contributed by atoms with Gasteiger partial charge in [-0.05, 0) is 42.7 Å². The van der Waals surface area contributed by atoms with E-state index in [2.05, 4.69) is 61.2 Å². The van der Waals surface area contributed by atoms with E-state index in [0.717, 1.165) is 47.7 Å². The van der Waals surface area contributed by atoms with Crippen LogP contribution in [0.3, 0.4) is 0 Å². The molecule has 0 aliphatic carbocycles. The first-order valence-electron chi connectivity index (χ1n) is 11.9. The molecule has 1 aromatic heterocycles. The first kappa shape index (κ1) is 22.1. The summed E-state index contributed by atoms with van der Waals surface area (Å²) < 4.78 is 1.84. The summed E-state index contributed by atoms with van der Waals surface area (Å²) in [5, 5.41) is 4.90. The molecule has 1 aliphatic rings. The second-order valence-corrected chi connectivity index (χ2v) is 9.04.